The number of nitrogens with zero attached hydrogens (tertiary/aromatic N) is 1. The Balaban J connectivity index is 1.96. The lowest BCUT2D eigenvalue weighted by atomic mass is 10.3. The van der Waals surface area contributed by atoms with Gasteiger partial charge in [0, 0.05) is 14.7 Å². The van der Waals surface area contributed by atoms with Crippen molar-refractivity contribution in [3.05, 3.63) is 21.1 Å². The van der Waals surface area contributed by atoms with E-state index >= 15 is 0 Å². The minimum atomic E-state index is -0.0585. The highest BCUT2D eigenvalue weighted by Crippen LogP contribution is 2.35. The second-order valence-corrected chi connectivity index (χ2v) is 7.81. The van der Waals surface area contributed by atoms with Crippen molar-refractivity contribution < 1.29 is 9.53 Å². The monoisotopic (exact) mass is 438 g/mol. The average molecular weight is 440 g/mol. The van der Waals surface area contributed by atoms with E-state index < -0.39 is 0 Å². The van der Waals surface area contributed by atoms with Crippen molar-refractivity contribution in [1.29, 1.82) is 0 Å². The van der Waals surface area contributed by atoms with E-state index in [9.17, 15) is 4.79 Å². The zero-order valence-electron chi connectivity index (χ0n) is 10.6. The number of benzene rings is 1. The number of aliphatic imine (C=N–C) groups is 1. The number of halogens is 2. The highest BCUT2D eigenvalue weighted by Gasteiger charge is 2.14. The lowest BCUT2D eigenvalue weighted by molar-refractivity contribution is -0.113. The summed E-state index contributed by atoms with van der Waals surface area (Å²) in [6, 6.07) is 3.62. The van der Waals surface area contributed by atoms with Gasteiger partial charge in [0.2, 0.25) is 5.91 Å². The summed E-state index contributed by atoms with van der Waals surface area (Å²) < 4.78 is 7.69. The van der Waals surface area contributed by atoms with E-state index in [-0.39, 0.29) is 5.91 Å². The van der Waals surface area contributed by atoms with Gasteiger partial charge in [-0.2, -0.15) is 0 Å². The summed E-state index contributed by atoms with van der Waals surface area (Å²) in [5.74, 6) is 2.03. The fourth-order valence-corrected chi connectivity index (χ4v) is 4.64. The van der Waals surface area contributed by atoms with Gasteiger partial charge in [-0.1, -0.05) is 23.5 Å². The lowest BCUT2D eigenvalue weighted by Gasteiger charge is -2.11. The first-order chi connectivity index (χ1) is 9.60. The molecule has 0 spiro atoms. The predicted molar refractivity (Wildman–Crippen MR) is 94.2 cm³/mol. The van der Waals surface area contributed by atoms with Crippen LogP contribution in [0, 0.1) is 0 Å². The van der Waals surface area contributed by atoms with Crippen LogP contribution in [-0.4, -0.2) is 35.4 Å². The Morgan fingerprint density at radius 1 is 1.50 bits per heavy atom. The summed E-state index contributed by atoms with van der Waals surface area (Å²) in [7, 11) is 1.60. The molecule has 2 rings (SSSR count). The number of amides is 1. The molecule has 1 heterocycles. The number of hydrogen-bond donors (Lipinski definition) is 1. The van der Waals surface area contributed by atoms with Crippen LogP contribution in [0.3, 0.4) is 0 Å². The van der Waals surface area contributed by atoms with E-state index in [4.69, 9.17) is 4.74 Å². The van der Waals surface area contributed by atoms with Crippen molar-refractivity contribution >= 4 is 71.4 Å². The van der Waals surface area contributed by atoms with E-state index in [0.29, 0.717) is 17.2 Å². The topological polar surface area (TPSA) is 50.7 Å². The predicted octanol–water partition coefficient (Wildman–Crippen LogP) is 3.99. The Kier molecular flexibility index (Phi) is 6.25. The van der Waals surface area contributed by atoms with Gasteiger partial charge in [-0.05, 0) is 44.0 Å². The largest absolute Gasteiger partial charge is 0.497 e. The molecule has 0 atom stereocenters. The molecule has 0 radical (unpaired) electrons. The second kappa shape index (κ2) is 7.72. The fraction of sp³-hybridized carbons (Fsp3) is 0.333. The molecule has 1 amide bonds. The molecule has 0 saturated carbocycles. The number of nitrogens with one attached hydrogen (secondary N) is 1. The molecular weight excluding hydrogens is 428 g/mol. The minimum absolute atomic E-state index is 0.0585. The minimum Gasteiger partial charge on any atom is -0.497 e. The summed E-state index contributed by atoms with van der Waals surface area (Å²) in [5, 5.41) is 2.88. The van der Waals surface area contributed by atoms with Crippen molar-refractivity contribution in [2.75, 3.05) is 30.5 Å². The molecule has 20 heavy (non-hydrogen) atoms. The van der Waals surface area contributed by atoms with E-state index in [1.54, 1.807) is 18.9 Å². The third-order valence-corrected chi connectivity index (χ3v) is 5.90. The molecule has 108 valence electrons. The van der Waals surface area contributed by atoms with E-state index in [2.05, 4.69) is 42.2 Å². The summed E-state index contributed by atoms with van der Waals surface area (Å²) in [6.45, 7) is 0.851. The molecule has 1 aliphatic rings. The Labute approximate surface area is 142 Å². The first-order valence-electron chi connectivity index (χ1n) is 5.73. The number of carbonyl (C=O) groups excluding carboxylic acids is 1. The van der Waals surface area contributed by atoms with Crippen LogP contribution in [0.15, 0.2) is 26.1 Å². The maximum Gasteiger partial charge on any atom is 0.234 e. The molecule has 0 aromatic heterocycles. The Hall–Kier alpha value is -0.180. The third kappa shape index (κ3) is 4.41. The van der Waals surface area contributed by atoms with Gasteiger partial charge in [0.15, 0.2) is 0 Å². The molecule has 0 aliphatic carbocycles. The third-order valence-electron chi connectivity index (χ3n) is 2.40. The molecule has 0 bridgehead atoms. The van der Waals surface area contributed by atoms with Gasteiger partial charge in [-0.3, -0.25) is 9.79 Å². The van der Waals surface area contributed by atoms with Gasteiger partial charge >= 0.3 is 0 Å². The van der Waals surface area contributed by atoms with E-state index in [0.717, 1.165) is 25.6 Å². The Bertz CT molecular complexity index is 529. The maximum atomic E-state index is 12.0. The second-order valence-electron chi connectivity index (χ2n) is 3.80. The molecule has 1 N–H and O–H groups in total. The van der Waals surface area contributed by atoms with Crippen LogP contribution in [0.25, 0.3) is 0 Å². The highest BCUT2D eigenvalue weighted by atomic mass is 79.9. The smallest absolute Gasteiger partial charge is 0.234 e. The fourth-order valence-electron chi connectivity index (χ4n) is 1.49. The summed E-state index contributed by atoms with van der Waals surface area (Å²) in [5.41, 5.74) is 0.706. The molecular formula is C12H12Br2N2O2S2. The van der Waals surface area contributed by atoms with Crippen molar-refractivity contribution in [2.24, 2.45) is 4.99 Å². The van der Waals surface area contributed by atoms with Crippen LogP contribution in [0.1, 0.15) is 0 Å². The first kappa shape index (κ1) is 16.2. The zero-order chi connectivity index (χ0) is 14.5. The van der Waals surface area contributed by atoms with Gasteiger partial charge < -0.3 is 10.1 Å². The summed E-state index contributed by atoms with van der Waals surface area (Å²) in [4.78, 5) is 16.3. The maximum absolute atomic E-state index is 12.0. The van der Waals surface area contributed by atoms with Gasteiger partial charge in [0.1, 0.15) is 10.1 Å². The number of anilines is 1. The van der Waals surface area contributed by atoms with Crippen LogP contribution in [0.5, 0.6) is 5.75 Å². The van der Waals surface area contributed by atoms with Crippen molar-refractivity contribution in [3.63, 3.8) is 0 Å². The number of hydrogen-bond acceptors (Lipinski definition) is 5. The Morgan fingerprint density at radius 3 is 2.75 bits per heavy atom. The summed E-state index contributed by atoms with van der Waals surface area (Å²) in [6.07, 6.45) is 0. The van der Waals surface area contributed by atoms with Crippen LogP contribution in [0.2, 0.25) is 0 Å². The standard InChI is InChI=1S/C12H12Br2N2O2S2/c1-18-7-4-8(13)11(9(14)5-7)16-10(17)6-20-12-15-2-3-19-12/h4-5H,2-3,6H2,1H3,(H,16,17). The van der Waals surface area contributed by atoms with Gasteiger partial charge in [-0.25, -0.2) is 0 Å². The molecule has 1 aliphatic heterocycles. The van der Waals surface area contributed by atoms with Crippen molar-refractivity contribution in [1.82, 2.24) is 0 Å². The number of methoxy groups -OCH3 is 1. The van der Waals surface area contributed by atoms with Crippen LogP contribution < -0.4 is 10.1 Å². The van der Waals surface area contributed by atoms with Crippen LogP contribution in [-0.2, 0) is 4.79 Å². The van der Waals surface area contributed by atoms with Gasteiger partial charge in [-0.15, -0.1) is 0 Å². The number of rotatable bonds is 4. The van der Waals surface area contributed by atoms with E-state index in [1.165, 1.54) is 11.8 Å². The number of ether oxygens (including phenoxy) is 1. The Morgan fingerprint density at radius 2 is 2.20 bits per heavy atom. The lowest BCUT2D eigenvalue weighted by Crippen LogP contribution is -2.15. The molecule has 1 aromatic rings. The number of carbonyl (C=O) groups is 1. The zero-order valence-corrected chi connectivity index (χ0v) is 15.4. The molecule has 1 aromatic carbocycles. The SMILES string of the molecule is COc1cc(Br)c(NC(=O)CSC2=NCCS2)c(Br)c1. The van der Waals surface area contributed by atoms with E-state index in [1.807, 2.05) is 12.1 Å². The normalized spacial score (nSPS) is 14.1. The molecule has 0 fully saturated rings. The molecule has 0 saturated heterocycles. The highest BCUT2D eigenvalue weighted by molar-refractivity contribution is 9.11. The van der Waals surface area contributed by atoms with Gasteiger partial charge in [0.25, 0.3) is 0 Å². The molecule has 0 unspecified atom stereocenters. The average Bonchev–Trinajstić information content (AvgIpc) is 2.93. The van der Waals surface area contributed by atoms with Gasteiger partial charge in [0.05, 0.1) is 25.1 Å². The quantitative estimate of drug-likeness (QED) is 0.770. The number of thioether (sulfide) groups is 2. The van der Waals surface area contributed by atoms with Crippen molar-refractivity contribution in [2.45, 2.75) is 0 Å². The van der Waals surface area contributed by atoms with Crippen molar-refractivity contribution in [3.8, 4) is 5.75 Å². The molecule has 4 nitrogen and oxygen atoms in total. The molecule has 8 heteroatoms. The summed E-state index contributed by atoms with van der Waals surface area (Å²) >= 11 is 10.0. The van der Waals surface area contributed by atoms with Crippen LogP contribution >= 0.6 is 55.4 Å². The van der Waals surface area contributed by atoms with Crippen LogP contribution in [0.4, 0.5) is 5.69 Å². The first-order valence-corrected chi connectivity index (χ1v) is 9.29.